The van der Waals surface area contributed by atoms with Gasteiger partial charge in [0.1, 0.15) is 18.1 Å². The van der Waals surface area contributed by atoms with Gasteiger partial charge in [-0.25, -0.2) is 0 Å². The summed E-state index contributed by atoms with van der Waals surface area (Å²) in [5, 5.41) is 2.81. The van der Waals surface area contributed by atoms with Gasteiger partial charge in [-0.3, -0.25) is 9.59 Å². The van der Waals surface area contributed by atoms with E-state index in [0.717, 1.165) is 17.7 Å². The fraction of sp³-hybridized carbons (Fsp3) is 0.103. The van der Waals surface area contributed by atoms with Crippen LogP contribution < -0.4 is 14.8 Å². The van der Waals surface area contributed by atoms with Crippen LogP contribution in [0.15, 0.2) is 97.1 Å². The molecule has 188 valence electrons. The second-order valence-corrected chi connectivity index (χ2v) is 8.10. The Balaban J connectivity index is 1.61. The molecule has 1 N–H and O–H groups in total. The van der Waals surface area contributed by atoms with Gasteiger partial charge < -0.3 is 14.8 Å². The van der Waals surface area contributed by atoms with Gasteiger partial charge in [-0.15, -0.1) is 0 Å². The summed E-state index contributed by atoms with van der Waals surface area (Å²) in [6.45, 7) is 1.48. The van der Waals surface area contributed by atoms with E-state index in [4.69, 9.17) is 9.47 Å². The number of benzene rings is 4. The number of alkyl halides is 3. The van der Waals surface area contributed by atoms with E-state index >= 15 is 0 Å². The molecule has 0 saturated carbocycles. The molecule has 0 bridgehead atoms. The second-order valence-electron chi connectivity index (χ2n) is 8.10. The van der Waals surface area contributed by atoms with Crippen LogP contribution in [0.25, 0.3) is 11.1 Å². The molecule has 1 amide bonds. The zero-order valence-electron chi connectivity index (χ0n) is 19.7. The average Bonchev–Trinajstić information content (AvgIpc) is 2.88. The predicted octanol–water partition coefficient (Wildman–Crippen LogP) is 7.13. The summed E-state index contributed by atoms with van der Waals surface area (Å²) in [5.74, 6) is -0.460. The van der Waals surface area contributed by atoms with E-state index < -0.39 is 23.6 Å². The van der Waals surface area contributed by atoms with Gasteiger partial charge in [0, 0.05) is 18.6 Å². The first-order chi connectivity index (χ1) is 17.7. The van der Waals surface area contributed by atoms with E-state index in [9.17, 15) is 22.8 Å². The van der Waals surface area contributed by atoms with E-state index in [1.54, 1.807) is 30.3 Å². The monoisotopic (exact) mass is 505 g/mol. The molecule has 8 heteroatoms. The van der Waals surface area contributed by atoms with Crippen molar-refractivity contribution in [3.63, 3.8) is 0 Å². The first-order valence-electron chi connectivity index (χ1n) is 11.3. The lowest BCUT2D eigenvalue weighted by Gasteiger charge is -2.16. The van der Waals surface area contributed by atoms with Gasteiger partial charge in [-0.2, -0.15) is 13.2 Å². The molecule has 0 spiro atoms. The maximum Gasteiger partial charge on any atom is 0.416 e. The topological polar surface area (TPSA) is 64.6 Å². The van der Waals surface area contributed by atoms with E-state index in [-0.39, 0.29) is 23.7 Å². The predicted molar refractivity (Wildman–Crippen MR) is 133 cm³/mol. The number of rotatable bonds is 7. The molecule has 0 aliphatic carbocycles. The first kappa shape index (κ1) is 25.5. The van der Waals surface area contributed by atoms with Crippen LogP contribution in [0.3, 0.4) is 0 Å². The molecule has 37 heavy (non-hydrogen) atoms. The van der Waals surface area contributed by atoms with Crippen molar-refractivity contribution in [2.75, 3.05) is 5.32 Å². The van der Waals surface area contributed by atoms with Crippen LogP contribution >= 0.6 is 0 Å². The number of amides is 1. The van der Waals surface area contributed by atoms with E-state index in [1.165, 1.54) is 31.2 Å². The quantitative estimate of drug-likeness (QED) is 0.214. The number of nitrogens with one attached hydrogen (secondary N) is 1. The van der Waals surface area contributed by atoms with Crippen molar-refractivity contribution in [3.05, 3.63) is 114 Å². The Morgan fingerprint density at radius 1 is 0.838 bits per heavy atom. The smallest absolute Gasteiger partial charge is 0.416 e. The molecular formula is C29H22F3NO4. The first-order valence-corrected chi connectivity index (χ1v) is 11.3. The largest absolute Gasteiger partial charge is 0.487 e. The summed E-state index contributed by atoms with van der Waals surface area (Å²) < 4.78 is 50.0. The van der Waals surface area contributed by atoms with Gasteiger partial charge in [-0.1, -0.05) is 60.7 Å². The van der Waals surface area contributed by atoms with Gasteiger partial charge in [0.25, 0.3) is 5.91 Å². The summed E-state index contributed by atoms with van der Waals surface area (Å²) >= 11 is 0. The molecule has 4 aromatic rings. The van der Waals surface area contributed by atoms with Crippen molar-refractivity contribution in [2.45, 2.75) is 19.7 Å². The Morgan fingerprint density at radius 2 is 1.51 bits per heavy atom. The fourth-order valence-electron chi connectivity index (χ4n) is 3.65. The van der Waals surface area contributed by atoms with Crippen LogP contribution in [-0.2, 0) is 17.6 Å². The zero-order valence-corrected chi connectivity index (χ0v) is 19.7. The number of hydrogen-bond donors (Lipinski definition) is 1. The number of carbonyl (C=O) groups is 2. The molecule has 0 fully saturated rings. The summed E-state index contributed by atoms with van der Waals surface area (Å²) in [6, 6.07) is 25.2. The van der Waals surface area contributed by atoms with E-state index in [1.807, 2.05) is 30.3 Å². The molecule has 0 radical (unpaired) electrons. The molecule has 4 rings (SSSR count). The van der Waals surface area contributed by atoms with Gasteiger partial charge in [0.2, 0.25) is 0 Å². The maximum absolute atomic E-state index is 13.3. The minimum absolute atomic E-state index is 0.204. The summed E-state index contributed by atoms with van der Waals surface area (Å²) in [7, 11) is 0. The van der Waals surface area contributed by atoms with Crippen LogP contribution in [0, 0.1) is 0 Å². The van der Waals surface area contributed by atoms with Crippen LogP contribution in [0.5, 0.6) is 11.5 Å². The highest BCUT2D eigenvalue weighted by atomic mass is 19.4. The number of halogens is 3. The van der Waals surface area contributed by atoms with Crippen LogP contribution in [0.2, 0.25) is 0 Å². The van der Waals surface area contributed by atoms with Crippen LogP contribution in [0.4, 0.5) is 18.9 Å². The third-order valence-electron chi connectivity index (χ3n) is 5.39. The van der Waals surface area contributed by atoms with Crippen molar-refractivity contribution < 1.29 is 32.2 Å². The molecular weight excluding hydrogens is 483 g/mol. The Hall–Kier alpha value is -4.59. The molecule has 4 aromatic carbocycles. The van der Waals surface area contributed by atoms with Crippen molar-refractivity contribution in [1.82, 2.24) is 0 Å². The summed E-state index contributed by atoms with van der Waals surface area (Å²) in [6.07, 6.45) is -4.45. The number of ether oxygens (including phenoxy) is 2. The van der Waals surface area contributed by atoms with E-state index in [0.29, 0.717) is 16.8 Å². The second kappa shape index (κ2) is 11.0. The normalized spacial score (nSPS) is 11.0. The fourth-order valence-corrected chi connectivity index (χ4v) is 3.65. The third kappa shape index (κ3) is 6.55. The summed E-state index contributed by atoms with van der Waals surface area (Å²) in [4.78, 5) is 24.7. The highest BCUT2D eigenvalue weighted by Crippen LogP contribution is 2.34. The van der Waals surface area contributed by atoms with Crippen molar-refractivity contribution in [3.8, 4) is 22.6 Å². The van der Waals surface area contributed by atoms with Crippen molar-refractivity contribution >= 4 is 17.6 Å². The number of carbonyl (C=O) groups excluding carboxylic acids is 2. The molecule has 0 heterocycles. The minimum atomic E-state index is -4.45. The van der Waals surface area contributed by atoms with Crippen molar-refractivity contribution in [2.24, 2.45) is 0 Å². The molecule has 0 aliphatic heterocycles. The minimum Gasteiger partial charge on any atom is -0.487 e. The van der Waals surface area contributed by atoms with Gasteiger partial charge in [0.05, 0.1) is 11.3 Å². The Kier molecular flexibility index (Phi) is 7.57. The number of esters is 1. The number of hydrogen-bond acceptors (Lipinski definition) is 4. The third-order valence-corrected chi connectivity index (χ3v) is 5.39. The Bertz CT molecular complexity index is 1400. The van der Waals surface area contributed by atoms with Crippen molar-refractivity contribution in [1.29, 1.82) is 0 Å². The maximum atomic E-state index is 13.3. The lowest BCUT2D eigenvalue weighted by Crippen LogP contribution is -2.14. The SMILES string of the molecule is CC(=O)Oc1ccc(NC(=O)c2ccccc2-c2ccc(C(F)(F)F)cc2)c(OCc2ccccc2)c1. The molecule has 0 saturated heterocycles. The van der Waals surface area contributed by atoms with Crippen LogP contribution in [0.1, 0.15) is 28.4 Å². The molecule has 0 unspecified atom stereocenters. The van der Waals surface area contributed by atoms with Gasteiger partial charge in [-0.05, 0) is 47.0 Å². The van der Waals surface area contributed by atoms with E-state index in [2.05, 4.69) is 5.32 Å². The standard InChI is InChI=1S/C29H22F3NO4/c1-19(34)37-23-15-16-26(27(17-23)36-18-20-7-3-2-4-8-20)33-28(35)25-10-6-5-9-24(25)21-11-13-22(14-12-21)29(30,31)32/h2-17H,18H2,1H3,(H,33,35). The Morgan fingerprint density at radius 3 is 2.19 bits per heavy atom. The lowest BCUT2D eigenvalue weighted by molar-refractivity contribution is -0.137. The number of anilines is 1. The highest BCUT2D eigenvalue weighted by molar-refractivity contribution is 6.09. The van der Waals surface area contributed by atoms with Gasteiger partial charge in [0.15, 0.2) is 0 Å². The molecule has 0 aromatic heterocycles. The lowest BCUT2D eigenvalue weighted by atomic mass is 9.98. The molecule has 5 nitrogen and oxygen atoms in total. The zero-order chi connectivity index (χ0) is 26.4. The van der Waals surface area contributed by atoms with Crippen LogP contribution in [-0.4, -0.2) is 11.9 Å². The molecule has 0 aliphatic rings. The Labute approximate surface area is 211 Å². The van der Waals surface area contributed by atoms with Gasteiger partial charge >= 0.3 is 12.1 Å². The highest BCUT2D eigenvalue weighted by Gasteiger charge is 2.30. The average molecular weight is 505 g/mol. The summed E-state index contributed by atoms with van der Waals surface area (Å²) in [5.41, 5.74) is 1.65. The molecule has 0 atom stereocenters.